The van der Waals surface area contributed by atoms with Gasteiger partial charge in [0.25, 0.3) is 0 Å². The fourth-order valence-electron chi connectivity index (χ4n) is 3.42. The van der Waals surface area contributed by atoms with Crippen molar-refractivity contribution < 1.29 is 29.2 Å². The molecule has 0 radical (unpaired) electrons. The summed E-state index contributed by atoms with van der Waals surface area (Å²) in [6, 6.07) is 3.43. The molecule has 1 unspecified atom stereocenters. The van der Waals surface area contributed by atoms with E-state index in [2.05, 4.69) is 6.92 Å². The molecule has 1 atom stereocenters. The van der Waals surface area contributed by atoms with E-state index in [-0.39, 0.29) is 6.61 Å². The summed E-state index contributed by atoms with van der Waals surface area (Å²) in [6.07, 6.45) is 5.00. The lowest BCUT2D eigenvalue weighted by Gasteiger charge is -2.20. The molecule has 1 aromatic carbocycles. The highest BCUT2D eigenvalue weighted by Gasteiger charge is 2.21. The number of hydrogen-bond acceptors (Lipinski definition) is 6. The SMILES string of the molecule is CCC1=C(CC(O)c2cc(OC)c(OC)cc2CO)CC=C(OC)C(OC)=C1. The van der Waals surface area contributed by atoms with Crippen molar-refractivity contribution >= 4 is 0 Å². The molecule has 0 bridgehead atoms. The molecule has 0 fully saturated rings. The molecule has 154 valence electrons. The van der Waals surface area contributed by atoms with Crippen molar-refractivity contribution in [2.45, 2.75) is 38.9 Å². The van der Waals surface area contributed by atoms with Gasteiger partial charge in [-0.15, -0.1) is 0 Å². The second-order valence-corrected chi connectivity index (χ2v) is 6.46. The molecule has 2 rings (SSSR count). The number of aliphatic hydroxyl groups excluding tert-OH is 2. The van der Waals surface area contributed by atoms with E-state index in [1.807, 2.05) is 12.2 Å². The Balaban J connectivity index is 2.40. The third-order valence-electron chi connectivity index (χ3n) is 4.97. The van der Waals surface area contributed by atoms with Gasteiger partial charge in [-0.2, -0.15) is 0 Å². The summed E-state index contributed by atoms with van der Waals surface area (Å²) in [5.41, 5.74) is 3.43. The van der Waals surface area contributed by atoms with Crippen LogP contribution in [0.15, 0.2) is 46.9 Å². The third kappa shape index (κ3) is 4.69. The smallest absolute Gasteiger partial charge is 0.161 e. The standard InChI is InChI=1S/C22H30O6/c1-6-14-10-20(26-3)19(25-2)8-7-15(14)9-18(24)17-12-22(28-5)21(27-4)11-16(17)13-23/h8,10-12,18,23-24H,6-7,9,13H2,1-5H3. The highest BCUT2D eigenvalue weighted by molar-refractivity contribution is 5.48. The van der Waals surface area contributed by atoms with Gasteiger partial charge in [0.15, 0.2) is 23.0 Å². The molecule has 0 aliphatic heterocycles. The largest absolute Gasteiger partial charge is 0.493 e. The van der Waals surface area contributed by atoms with Gasteiger partial charge in [-0.1, -0.05) is 12.5 Å². The molecule has 0 amide bonds. The number of hydrogen-bond donors (Lipinski definition) is 2. The van der Waals surface area contributed by atoms with Gasteiger partial charge in [-0.05, 0) is 60.2 Å². The van der Waals surface area contributed by atoms with Crippen LogP contribution in [0.5, 0.6) is 11.5 Å². The first kappa shape index (κ1) is 21.9. The summed E-state index contributed by atoms with van der Waals surface area (Å²) in [7, 11) is 6.31. The van der Waals surface area contributed by atoms with Gasteiger partial charge in [0, 0.05) is 0 Å². The summed E-state index contributed by atoms with van der Waals surface area (Å²) in [4.78, 5) is 0. The first-order chi connectivity index (χ1) is 13.5. The molecule has 0 spiro atoms. The van der Waals surface area contributed by atoms with Crippen molar-refractivity contribution in [1.29, 1.82) is 0 Å². The van der Waals surface area contributed by atoms with Crippen LogP contribution in [0, 0.1) is 0 Å². The lowest BCUT2D eigenvalue weighted by Crippen LogP contribution is -2.06. The maximum Gasteiger partial charge on any atom is 0.161 e. The summed E-state index contributed by atoms with van der Waals surface area (Å²) < 4.78 is 21.5. The lowest BCUT2D eigenvalue weighted by molar-refractivity contribution is 0.172. The maximum absolute atomic E-state index is 11.0. The van der Waals surface area contributed by atoms with Crippen molar-refractivity contribution in [3.8, 4) is 11.5 Å². The molecule has 28 heavy (non-hydrogen) atoms. The van der Waals surface area contributed by atoms with Crippen LogP contribution in [0.1, 0.15) is 43.4 Å². The van der Waals surface area contributed by atoms with E-state index >= 15 is 0 Å². The van der Waals surface area contributed by atoms with Crippen LogP contribution in [0.2, 0.25) is 0 Å². The van der Waals surface area contributed by atoms with Crippen LogP contribution in [0.25, 0.3) is 0 Å². The van der Waals surface area contributed by atoms with E-state index in [0.717, 1.165) is 17.6 Å². The van der Waals surface area contributed by atoms with Crippen LogP contribution in [0.4, 0.5) is 0 Å². The quantitative estimate of drug-likeness (QED) is 0.668. The summed E-state index contributed by atoms with van der Waals surface area (Å²) in [5.74, 6) is 2.39. The molecule has 6 nitrogen and oxygen atoms in total. The van der Waals surface area contributed by atoms with Crippen molar-refractivity contribution in [2.75, 3.05) is 28.4 Å². The van der Waals surface area contributed by atoms with Crippen LogP contribution < -0.4 is 9.47 Å². The topological polar surface area (TPSA) is 77.4 Å². The third-order valence-corrected chi connectivity index (χ3v) is 4.97. The van der Waals surface area contributed by atoms with Gasteiger partial charge in [0.05, 0.1) is 41.2 Å². The Labute approximate surface area is 166 Å². The van der Waals surface area contributed by atoms with E-state index in [4.69, 9.17) is 18.9 Å². The Bertz CT molecular complexity index is 775. The van der Waals surface area contributed by atoms with Gasteiger partial charge >= 0.3 is 0 Å². The predicted octanol–water partition coefficient (Wildman–Crippen LogP) is 3.79. The Morgan fingerprint density at radius 3 is 2.14 bits per heavy atom. The van der Waals surface area contributed by atoms with Crippen molar-refractivity contribution in [3.63, 3.8) is 0 Å². The molecular formula is C22H30O6. The molecule has 0 saturated heterocycles. The minimum atomic E-state index is -0.796. The maximum atomic E-state index is 11.0. The van der Waals surface area contributed by atoms with Gasteiger partial charge in [0.2, 0.25) is 0 Å². The van der Waals surface area contributed by atoms with E-state index in [1.54, 1.807) is 40.6 Å². The molecule has 6 heteroatoms. The average molecular weight is 390 g/mol. The molecular weight excluding hydrogens is 360 g/mol. The van der Waals surface area contributed by atoms with Crippen molar-refractivity contribution in [1.82, 2.24) is 0 Å². The summed E-state index contributed by atoms with van der Waals surface area (Å²) in [5, 5.41) is 20.7. The fraction of sp³-hybridized carbons (Fsp3) is 0.455. The zero-order valence-electron chi connectivity index (χ0n) is 17.2. The molecule has 0 saturated carbocycles. The number of ether oxygens (including phenoxy) is 4. The predicted molar refractivity (Wildman–Crippen MR) is 107 cm³/mol. The van der Waals surface area contributed by atoms with Crippen molar-refractivity contribution in [3.05, 3.63) is 58.1 Å². The highest BCUT2D eigenvalue weighted by atomic mass is 16.5. The van der Waals surface area contributed by atoms with Crippen molar-refractivity contribution in [2.24, 2.45) is 0 Å². The summed E-state index contributed by atoms with van der Waals surface area (Å²) in [6.45, 7) is 1.87. The minimum Gasteiger partial charge on any atom is -0.493 e. The second-order valence-electron chi connectivity index (χ2n) is 6.46. The van der Waals surface area contributed by atoms with E-state index in [0.29, 0.717) is 47.0 Å². The number of allylic oxidation sites excluding steroid dienone is 3. The Hall–Kier alpha value is -2.44. The van der Waals surface area contributed by atoms with Gasteiger partial charge in [-0.25, -0.2) is 0 Å². The number of methoxy groups -OCH3 is 4. The zero-order chi connectivity index (χ0) is 20.7. The van der Waals surface area contributed by atoms with E-state index in [1.165, 1.54) is 0 Å². The number of aliphatic hydroxyl groups is 2. The van der Waals surface area contributed by atoms with Crippen LogP contribution in [0.3, 0.4) is 0 Å². The average Bonchev–Trinajstić information content (AvgIpc) is 2.90. The minimum absolute atomic E-state index is 0.201. The fourth-order valence-corrected chi connectivity index (χ4v) is 3.42. The number of benzene rings is 1. The normalized spacial score (nSPS) is 15.4. The van der Waals surface area contributed by atoms with Crippen LogP contribution in [-0.4, -0.2) is 38.7 Å². The molecule has 0 heterocycles. The van der Waals surface area contributed by atoms with E-state index < -0.39 is 6.10 Å². The Morgan fingerprint density at radius 1 is 0.964 bits per heavy atom. The monoisotopic (exact) mass is 390 g/mol. The highest BCUT2D eigenvalue weighted by Crippen LogP contribution is 2.37. The molecule has 1 aliphatic carbocycles. The first-order valence-electron chi connectivity index (χ1n) is 9.27. The molecule has 2 N–H and O–H groups in total. The van der Waals surface area contributed by atoms with Gasteiger partial charge in [-0.3, -0.25) is 0 Å². The van der Waals surface area contributed by atoms with Crippen LogP contribution in [-0.2, 0) is 16.1 Å². The second kappa shape index (κ2) is 10.2. The van der Waals surface area contributed by atoms with Gasteiger partial charge < -0.3 is 29.2 Å². The van der Waals surface area contributed by atoms with Gasteiger partial charge in [0.1, 0.15) is 0 Å². The Kier molecular flexibility index (Phi) is 7.96. The number of rotatable bonds is 9. The molecule has 0 aromatic heterocycles. The molecule has 1 aromatic rings. The first-order valence-corrected chi connectivity index (χ1v) is 9.27. The lowest BCUT2D eigenvalue weighted by atomic mass is 9.92. The van der Waals surface area contributed by atoms with E-state index in [9.17, 15) is 10.2 Å². The summed E-state index contributed by atoms with van der Waals surface area (Å²) >= 11 is 0. The zero-order valence-corrected chi connectivity index (χ0v) is 17.2. The van der Waals surface area contributed by atoms with Crippen LogP contribution >= 0.6 is 0 Å². The Morgan fingerprint density at radius 2 is 1.61 bits per heavy atom. The molecule has 1 aliphatic rings.